The lowest BCUT2D eigenvalue weighted by atomic mass is 10.0. The third-order valence-corrected chi connectivity index (χ3v) is 2.94. The monoisotopic (exact) mass is 197 g/mol. The van der Waals surface area contributed by atoms with Gasteiger partial charge in [0.25, 0.3) is 0 Å². The minimum absolute atomic E-state index is 0.587. The second-order valence-electron chi connectivity index (χ2n) is 5.02. The van der Waals surface area contributed by atoms with Crippen molar-refractivity contribution in [2.45, 2.75) is 67.5 Å². The van der Waals surface area contributed by atoms with Gasteiger partial charge in [0.2, 0.25) is 0 Å². The van der Waals surface area contributed by atoms with Crippen molar-refractivity contribution < 1.29 is 0 Å². The Balaban J connectivity index is 4.93. The van der Waals surface area contributed by atoms with Gasteiger partial charge < -0.3 is 4.90 Å². The van der Waals surface area contributed by atoms with Gasteiger partial charge in [-0.2, -0.15) is 0 Å². The molecule has 0 saturated carbocycles. The van der Waals surface area contributed by atoms with E-state index in [9.17, 15) is 0 Å². The summed E-state index contributed by atoms with van der Waals surface area (Å²) < 4.78 is 0. The van der Waals surface area contributed by atoms with Gasteiger partial charge in [-0.25, -0.2) is 0 Å². The van der Waals surface area contributed by atoms with Gasteiger partial charge in [-0.3, -0.25) is 0 Å². The van der Waals surface area contributed by atoms with Crippen molar-refractivity contribution in [3.05, 3.63) is 11.3 Å². The molecule has 1 heteroatoms. The molecule has 0 heterocycles. The molecule has 0 aliphatic carbocycles. The van der Waals surface area contributed by atoms with E-state index in [1.165, 1.54) is 11.3 Å². The summed E-state index contributed by atoms with van der Waals surface area (Å²) in [4.78, 5) is 2.50. The van der Waals surface area contributed by atoms with E-state index in [1.807, 2.05) is 0 Å². The van der Waals surface area contributed by atoms with Crippen LogP contribution in [-0.2, 0) is 0 Å². The van der Waals surface area contributed by atoms with E-state index < -0.39 is 0 Å². The fraction of sp³-hybridized carbons (Fsp3) is 0.846. The first-order chi connectivity index (χ1) is 6.29. The number of nitrogens with zero attached hydrogens (tertiary/aromatic N) is 1. The number of hydrogen-bond acceptors (Lipinski definition) is 1. The van der Waals surface area contributed by atoms with E-state index in [1.54, 1.807) is 0 Å². The van der Waals surface area contributed by atoms with E-state index in [4.69, 9.17) is 0 Å². The van der Waals surface area contributed by atoms with Crippen LogP contribution in [0.3, 0.4) is 0 Å². The van der Waals surface area contributed by atoms with Gasteiger partial charge >= 0.3 is 0 Å². The van der Waals surface area contributed by atoms with E-state index in [-0.39, 0.29) is 0 Å². The Morgan fingerprint density at radius 3 is 1.36 bits per heavy atom. The molecule has 14 heavy (non-hydrogen) atoms. The minimum atomic E-state index is 0.587. The highest BCUT2D eigenvalue weighted by Crippen LogP contribution is 2.21. The summed E-state index contributed by atoms with van der Waals surface area (Å²) in [5, 5.41) is 0. The molecule has 0 bridgehead atoms. The number of allylic oxidation sites excluding steroid dienone is 2. The lowest BCUT2D eigenvalue weighted by Gasteiger charge is -2.35. The molecule has 0 aromatic heterocycles. The van der Waals surface area contributed by atoms with Crippen LogP contribution in [0.25, 0.3) is 0 Å². The van der Waals surface area contributed by atoms with Gasteiger partial charge in [0, 0.05) is 17.8 Å². The standard InChI is InChI=1S/C13H27N/c1-9(2)12(7)13(8)14(10(3)4)11(5)6/h9-11H,1-8H3/b13-12+. The molecule has 0 atom stereocenters. The molecule has 0 unspecified atom stereocenters. The quantitative estimate of drug-likeness (QED) is 0.657. The lowest BCUT2D eigenvalue weighted by molar-refractivity contribution is 0.227. The molecule has 0 aliphatic rings. The summed E-state index contributed by atoms with van der Waals surface area (Å²) in [6.07, 6.45) is 0. The van der Waals surface area contributed by atoms with Crippen molar-refractivity contribution in [3.63, 3.8) is 0 Å². The Bertz CT molecular complexity index is 191. The van der Waals surface area contributed by atoms with Gasteiger partial charge in [-0.15, -0.1) is 0 Å². The topological polar surface area (TPSA) is 3.24 Å². The molecule has 84 valence electrons. The van der Waals surface area contributed by atoms with Crippen LogP contribution in [0.4, 0.5) is 0 Å². The van der Waals surface area contributed by atoms with Crippen LogP contribution >= 0.6 is 0 Å². The van der Waals surface area contributed by atoms with Gasteiger partial charge in [0.1, 0.15) is 0 Å². The highest BCUT2D eigenvalue weighted by atomic mass is 15.2. The summed E-state index contributed by atoms with van der Waals surface area (Å²) in [6.45, 7) is 18.1. The lowest BCUT2D eigenvalue weighted by Crippen LogP contribution is -2.36. The maximum atomic E-state index is 2.50. The highest BCUT2D eigenvalue weighted by molar-refractivity contribution is 5.12. The molecule has 0 aliphatic heterocycles. The van der Waals surface area contributed by atoms with Gasteiger partial charge in [-0.1, -0.05) is 19.4 Å². The van der Waals surface area contributed by atoms with Crippen molar-refractivity contribution in [1.82, 2.24) is 4.90 Å². The normalized spacial score (nSPS) is 13.9. The van der Waals surface area contributed by atoms with Gasteiger partial charge in [-0.05, 0) is 47.5 Å². The Morgan fingerprint density at radius 2 is 1.14 bits per heavy atom. The Labute approximate surface area is 90.2 Å². The van der Waals surface area contributed by atoms with Crippen molar-refractivity contribution in [1.29, 1.82) is 0 Å². The van der Waals surface area contributed by atoms with Crippen LogP contribution in [-0.4, -0.2) is 17.0 Å². The fourth-order valence-electron chi connectivity index (χ4n) is 1.99. The third-order valence-electron chi connectivity index (χ3n) is 2.94. The second-order valence-corrected chi connectivity index (χ2v) is 5.02. The van der Waals surface area contributed by atoms with Crippen molar-refractivity contribution in [2.24, 2.45) is 5.92 Å². The minimum Gasteiger partial charge on any atom is -0.370 e. The van der Waals surface area contributed by atoms with Crippen LogP contribution in [0.1, 0.15) is 55.4 Å². The Kier molecular flexibility index (Phi) is 5.25. The van der Waals surface area contributed by atoms with E-state index in [0.717, 1.165) is 0 Å². The summed E-state index contributed by atoms with van der Waals surface area (Å²) in [5.41, 5.74) is 2.96. The van der Waals surface area contributed by atoms with Crippen LogP contribution < -0.4 is 0 Å². The van der Waals surface area contributed by atoms with Gasteiger partial charge in [0.05, 0.1) is 0 Å². The molecular weight excluding hydrogens is 170 g/mol. The maximum Gasteiger partial charge on any atom is 0.0233 e. The molecule has 0 rings (SSSR count). The largest absolute Gasteiger partial charge is 0.370 e. The summed E-state index contributed by atoms with van der Waals surface area (Å²) in [7, 11) is 0. The zero-order valence-corrected chi connectivity index (χ0v) is 11.2. The average Bonchev–Trinajstić information content (AvgIpc) is 2.01. The summed E-state index contributed by atoms with van der Waals surface area (Å²) in [6, 6.07) is 1.17. The van der Waals surface area contributed by atoms with Crippen molar-refractivity contribution >= 4 is 0 Å². The maximum absolute atomic E-state index is 2.50. The number of hydrogen-bond donors (Lipinski definition) is 0. The second kappa shape index (κ2) is 5.43. The van der Waals surface area contributed by atoms with Crippen molar-refractivity contribution in [3.8, 4) is 0 Å². The third kappa shape index (κ3) is 3.36. The van der Waals surface area contributed by atoms with E-state index in [0.29, 0.717) is 18.0 Å². The molecule has 0 aromatic carbocycles. The predicted molar refractivity (Wildman–Crippen MR) is 65.3 cm³/mol. The highest BCUT2D eigenvalue weighted by Gasteiger charge is 2.16. The fourth-order valence-corrected chi connectivity index (χ4v) is 1.99. The molecule has 0 spiro atoms. The average molecular weight is 197 g/mol. The van der Waals surface area contributed by atoms with Crippen LogP contribution in [0.2, 0.25) is 0 Å². The smallest absolute Gasteiger partial charge is 0.0233 e. The molecule has 0 N–H and O–H groups in total. The summed E-state index contributed by atoms with van der Waals surface area (Å²) in [5.74, 6) is 0.648. The summed E-state index contributed by atoms with van der Waals surface area (Å²) >= 11 is 0. The van der Waals surface area contributed by atoms with Crippen LogP contribution in [0, 0.1) is 5.92 Å². The molecule has 0 amide bonds. The molecule has 0 radical (unpaired) electrons. The van der Waals surface area contributed by atoms with E-state index >= 15 is 0 Å². The molecule has 0 saturated heterocycles. The number of rotatable bonds is 4. The SMILES string of the molecule is C/C(=C(/C)N(C(C)C)C(C)C)C(C)C. The first kappa shape index (κ1) is 13.5. The molecule has 0 aromatic rings. The Hall–Kier alpha value is -0.460. The van der Waals surface area contributed by atoms with Gasteiger partial charge in [0.15, 0.2) is 0 Å². The zero-order chi connectivity index (χ0) is 11.5. The Morgan fingerprint density at radius 1 is 0.786 bits per heavy atom. The first-order valence-electron chi connectivity index (χ1n) is 5.74. The predicted octanol–water partition coefficient (Wildman–Crippen LogP) is 4.06. The molecule has 1 nitrogen and oxygen atoms in total. The van der Waals surface area contributed by atoms with E-state index in [2.05, 4.69) is 60.3 Å². The van der Waals surface area contributed by atoms with Crippen LogP contribution in [0.5, 0.6) is 0 Å². The van der Waals surface area contributed by atoms with Crippen LogP contribution in [0.15, 0.2) is 11.3 Å². The first-order valence-corrected chi connectivity index (χ1v) is 5.74. The van der Waals surface area contributed by atoms with Crippen molar-refractivity contribution in [2.75, 3.05) is 0 Å². The zero-order valence-electron chi connectivity index (χ0n) is 11.2. The molecule has 0 fully saturated rings. The molecular formula is C13H27N.